The molecule has 5 nitrogen and oxygen atoms in total. The molecule has 3 N–H and O–H groups in total. The van der Waals surface area contributed by atoms with E-state index in [1.54, 1.807) is 0 Å². The van der Waals surface area contributed by atoms with Crippen molar-refractivity contribution in [3.05, 3.63) is 35.9 Å². The number of oxime groups is 1. The number of benzene rings is 1. The first kappa shape index (κ1) is 15.8. The Hall–Kier alpha value is -1.59. The molecule has 1 unspecified atom stereocenters. The minimum atomic E-state index is -0.0824. The number of rotatable bonds is 6. The second-order valence-corrected chi connectivity index (χ2v) is 5.77. The zero-order chi connectivity index (χ0) is 15.1. The summed E-state index contributed by atoms with van der Waals surface area (Å²) in [6, 6.07) is 9.96. The van der Waals surface area contributed by atoms with Gasteiger partial charge in [0, 0.05) is 26.3 Å². The molecule has 0 bridgehead atoms. The molecular formula is C16H25N3O2. The molecule has 1 heterocycles. The van der Waals surface area contributed by atoms with Crippen molar-refractivity contribution in [1.82, 2.24) is 4.90 Å². The van der Waals surface area contributed by atoms with Crippen molar-refractivity contribution >= 4 is 5.84 Å². The molecule has 1 aromatic carbocycles. The summed E-state index contributed by atoms with van der Waals surface area (Å²) in [7, 11) is 2.09. The number of nitrogens with two attached hydrogens (primary N) is 1. The van der Waals surface area contributed by atoms with E-state index in [9.17, 15) is 0 Å². The van der Waals surface area contributed by atoms with Gasteiger partial charge in [-0.2, -0.15) is 0 Å². The molecule has 0 radical (unpaired) electrons. The molecule has 0 aromatic heterocycles. The third-order valence-electron chi connectivity index (χ3n) is 4.08. The van der Waals surface area contributed by atoms with Crippen LogP contribution in [0.25, 0.3) is 0 Å². The van der Waals surface area contributed by atoms with Crippen LogP contribution in [0.3, 0.4) is 0 Å². The molecule has 1 aliphatic rings. The summed E-state index contributed by atoms with van der Waals surface area (Å²) >= 11 is 0. The van der Waals surface area contributed by atoms with Crippen LogP contribution < -0.4 is 5.73 Å². The first-order valence-electron chi connectivity index (χ1n) is 7.49. The number of nitrogens with zero attached hydrogens (tertiary/aromatic N) is 2. The van der Waals surface area contributed by atoms with Gasteiger partial charge in [-0.1, -0.05) is 35.5 Å². The number of likely N-dealkylation sites (N-methyl/N-ethyl adjacent to an activating group) is 1. The maximum atomic E-state index is 9.03. The summed E-state index contributed by atoms with van der Waals surface area (Å²) in [6.07, 6.45) is 2.23. The predicted octanol–water partition coefficient (Wildman–Crippen LogP) is 1.88. The largest absolute Gasteiger partial charge is 0.409 e. The summed E-state index contributed by atoms with van der Waals surface area (Å²) in [6.45, 7) is 3.49. The first-order chi connectivity index (χ1) is 10.2. The molecular weight excluding hydrogens is 266 g/mol. The van der Waals surface area contributed by atoms with E-state index in [0.717, 1.165) is 44.7 Å². The van der Waals surface area contributed by atoms with Gasteiger partial charge in [0.2, 0.25) is 0 Å². The summed E-state index contributed by atoms with van der Waals surface area (Å²) in [5.41, 5.74) is 6.96. The molecule has 1 aliphatic heterocycles. The Kier molecular flexibility index (Phi) is 6.02. The molecule has 0 amide bonds. The quantitative estimate of drug-likeness (QED) is 0.363. The Labute approximate surface area is 126 Å². The Morgan fingerprint density at radius 3 is 2.67 bits per heavy atom. The van der Waals surface area contributed by atoms with Crippen molar-refractivity contribution in [3.8, 4) is 0 Å². The minimum absolute atomic E-state index is 0.0824. The number of hydrogen-bond acceptors (Lipinski definition) is 4. The topological polar surface area (TPSA) is 71.1 Å². The van der Waals surface area contributed by atoms with Gasteiger partial charge in [0.05, 0.1) is 5.92 Å². The molecule has 5 heteroatoms. The first-order valence-corrected chi connectivity index (χ1v) is 7.49. The summed E-state index contributed by atoms with van der Waals surface area (Å²) < 4.78 is 5.40. The van der Waals surface area contributed by atoms with E-state index >= 15 is 0 Å². The van der Waals surface area contributed by atoms with E-state index < -0.39 is 0 Å². The number of hydrogen-bond donors (Lipinski definition) is 2. The Morgan fingerprint density at radius 2 is 2.05 bits per heavy atom. The molecule has 1 atom stereocenters. The molecule has 21 heavy (non-hydrogen) atoms. The Morgan fingerprint density at radius 1 is 1.38 bits per heavy atom. The lowest BCUT2D eigenvalue weighted by Crippen LogP contribution is -2.36. The molecule has 1 saturated heterocycles. The minimum Gasteiger partial charge on any atom is -0.409 e. The second-order valence-electron chi connectivity index (χ2n) is 5.77. The fourth-order valence-corrected chi connectivity index (χ4v) is 2.88. The highest BCUT2D eigenvalue weighted by molar-refractivity contribution is 5.87. The van der Waals surface area contributed by atoms with Gasteiger partial charge >= 0.3 is 0 Å². The van der Waals surface area contributed by atoms with Crippen molar-refractivity contribution in [1.29, 1.82) is 0 Å². The fourth-order valence-electron chi connectivity index (χ4n) is 2.88. The van der Waals surface area contributed by atoms with Gasteiger partial charge in [0.25, 0.3) is 0 Å². The zero-order valence-corrected chi connectivity index (χ0v) is 12.6. The van der Waals surface area contributed by atoms with Gasteiger partial charge in [-0.3, -0.25) is 0 Å². The van der Waals surface area contributed by atoms with Crippen molar-refractivity contribution in [2.75, 3.05) is 33.4 Å². The van der Waals surface area contributed by atoms with E-state index in [0.29, 0.717) is 5.92 Å². The van der Waals surface area contributed by atoms with Crippen molar-refractivity contribution < 1.29 is 9.94 Å². The summed E-state index contributed by atoms with van der Waals surface area (Å²) in [4.78, 5) is 2.27. The average molecular weight is 291 g/mol. The van der Waals surface area contributed by atoms with E-state index in [4.69, 9.17) is 15.7 Å². The van der Waals surface area contributed by atoms with Crippen molar-refractivity contribution in [2.24, 2.45) is 16.8 Å². The van der Waals surface area contributed by atoms with Crippen molar-refractivity contribution in [2.45, 2.75) is 18.8 Å². The molecule has 0 saturated carbocycles. The average Bonchev–Trinajstić information content (AvgIpc) is 2.53. The van der Waals surface area contributed by atoms with Crippen LogP contribution in [0.1, 0.15) is 24.3 Å². The molecule has 2 rings (SSSR count). The number of amidine groups is 1. The monoisotopic (exact) mass is 291 g/mol. The molecule has 1 aromatic rings. The van der Waals surface area contributed by atoms with Crippen LogP contribution in [0, 0.1) is 5.92 Å². The second kappa shape index (κ2) is 8.00. The van der Waals surface area contributed by atoms with Crippen molar-refractivity contribution in [3.63, 3.8) is 0 Å². The van der Waals surface area contributed by atoms with E-state index in [1.165, 1.54) is 0 Å². The number of ether oxygens (including phenoxy) is 1. The van der Waals surface area contributed by atoms with Crippen LogP contribution in [0.4, 0.5) is 0 Å². The van der Waals surface area contributed by atoms with Crippen LogP contribution in [-0.4, -0.2) is 49.3 Å². The SMILES string of the molecule is CN(CC1CCOCC1)CC(C(N)=NO)c1ccccc1. The van der Waals surface area contributed by atoms with Gasteiger partial charge in [-0.15, -0.1) is 0 Å². The lowest BCUT2D eigenvalue weighted by molar-refractivity contribution is 0.0556. The third-order valence-corrected chi connectivity index (χ3v) is 4.08. The molecule has 116 valence electrons. The third kappa shape index (κ3) is 4.72. The predicted molar refractivity (Wildman–Crippen MR) is 83.6 cm³/mol. The molecule has 1 fully saturated rings. The Balaban J connectivity index is 1.98. The van der Waals surface area contributed by atoms with Crippen LogP contribution in [0.5, 0.6) is 0 Å². The highest BCUT2D eigenvalue weighted by Gasteiger charge is 2.21. The van der Waals surface area contributed by atoms with Crippen LogP contribution in [-0.2, 0) is 4.74 Å². The Bertz CT molecular complexity index is 444. The van der Waals surface area contributed by atoms with Crippen LogP contribution >= 0.6 is 0 Å². The van der Waals surface area contributed by atoms with E-state index in [-0.39, 0.29) is 11.8 Å². The lowest BCUT2D eigenvalue weighted by Gasteiger charge is -2.29. The maximum absolute atomic E-state index is 9.03. The van der Waals surface area contributed by atoms with Gasteiger partial charge in [0.15, 0.2) is 0 Å². The van der Waals surface area contributed by atoms with E-state index in [2.05, 4.69) is 17.1 Å². The summed E-state index contributed by atoms with van der Waals surface area (Å²) in [5.74, 6) is 0.855. The van der Waals surface area contributed by atoms with Gasteiger partial charge in [0.1, 0.15) is 5.84 Å². The van der Waals surface area contributed by atoms with Crippen LogP contribution in [0.15, 0.2) is 35.5 Å². The lowest BCUT2D eigenvalue weighted by atomic mass is 9.95. The summed E-state index contributed by atoms with van der Waals surface area (Å²) in [5, 5.41) is 12.2. The van der Waals surface area contributed by atoms with Gasteiger partial charge in [-0.05, 0) is 31.4 Å². The normalized spacial score (nSPS) is 18.9. The van der Waals surface area contributed by atoms with Crippen LogP contribution in [0.2, 0.25) is 0 Å². The molecule has 0 spiro atoms. The molecule has 0 aliphatic carbocycles. The van der Waals surface area contributed by atoms with Gasteiger partial charge in [-0.25, -0.2) is 0 Å². The maximum Gasteiger partial charge on any atom is 0.147 e. The highest BCUT2D eigenvalue weighted by atomic mass is 16.5. The zero-order valence-electron chi connectivity index (χ0n) is 12.6. The fraction of sp³-hybridized carbons (Fsp3) is 0.562. The standard InChI is InChI=1S/C16H25N3O2/c1-19(11-13-7-9-21-10-8-13)12-15(16(17)18-20)14-5-3-2-4-6-14/h2-6,13,15,20H,7-12H2,1H3,(H2,17,18). The highest BCUT2D eigenvalue weighted by Crippen LogP contribution is 2.20. The smallest absolute Gasteiger partial charge is 0.147 e. The van der Waals surface area contributed by atoms with Gasteiger partial charge < -0.3 is 20.6 Å². The van der Waals surface area contributed by atoms with E-state index in [1.807, 2.05) is 30.3 Å².